The summed E-state index contributed by atoms with van der Waals surface area (Å²) < 4.78 is 1.94. The van der Waals surface area contributed by atoms with E-state index in [2.05, 4.69) is 22.9 Å². The Balaban J connectivity index is 2.85. The van der Waals surface area contributed by atoms with Crippen LogP contribution < -0.4 is 0 Å². The average molecular weight is 292 g/mol. The summed E-state index contributed by atoms with van der Waals surface area (Å²) in [5, 5.41) is 10.4. The molecule has 13 heavy (non-hydrogen) atoms. The molecule has 1 aromatic rings. The van der Waals surface area contributed by atoms with E-state index >= 15 is 0 Å². The molecule has 0 aromatic heterocycles. The van der Waals surface area contributed by atoms with Crippen LogP contribution in [0.5, 0.6) is 0 Å². The standard InChI is InChI=1S/C8H9IN2O2/c1-10(9)6-7-3-2-4-8(5-7)11(12)13/h2-5H,6H2,1H3. The van der Waals surface area contributed by atoms with Gasteiger partial charge >= 0.3 is 0 Å². The van der Waals surface area contributed by atoms with Crippen LogP contribution in [0.2, 0.25) is 0 Å². The van der Waals surface area contributed by atoms with Crippen molar-refractivity contribution in [3.05, 3.63) is 39.9 Å². The maximum atomic E-state index is 10.4. The van der Waals surface area contributed by atoms with E-state index in [-0.39, 0.29) is 10.6 Å². The molecule has 0 N–H and O–H groups in total. The Morgan fingerprint density at radius 3 is 2.85 bits per heavy atom. The van der Waals surface area contributed by atoms with E-state index in [0.29, 0.717) is 6.54 Å². The Kier molecular flexibility index (Phi) is 3.61. The van der Waals surface area contributed by atoms with Gasteiger partial charge in [-0.05, 0) is 12.6 Å². The molecule has 0 spiro atoms. The Morgan fingerprint density at radius 2 is 2.31 bits per heavy atom. The molecule has 70 valence electrons. The molecule has 0 saturated carbocycles. The van der Waals surface area contributed by atoms with Crippen molar-refractivity contribution < 1.29 is 4.92 Å². The van der Waals surface area contributed by atoms with Gasteiger partial charge in [0.15, 0.2) is 0 Å². The molecule has 0 aliphatic carbocycles. The maximum Gasteiger partial charge on any atom is 0.269 e. The lowest BCUT2D eigenvalue weighted by Crippen LogP contribution is -2.03. The van der Waals surface area contributed by atoms with Gasteiger partial charge in [0, 0.05) is 41.5 Å². The molecular formula is C8H9IN2O2. The van der Waals surface area contributed by atoms with E-state index in [4.69, 9.17) is 0 Å². The number of rotatable bonds is 3. The summed E-state index contributed by atoms with van der Waals surface area (Å²) in [7, 11) is 1.92. The second-order valence-electron chi connectivity index (χ2n) is 2.69. The number of nitro groups is 1. The Morgan fingerprint density at radius 1 is 1.62 bits per heavy atom. The molecule has 0 atom stereocenters. The van der Waals surface area contributed by atoms with Gasteiger partial charge in [-0.15, -0.1) is 0 Å². The molecule has 0 saturated heterocycles. The lowest BCUT2D eigenvalue weighted by Gasteiger charge is -2.06. The highest BCUT2D eigenvalue weighted by Gasteiger charge is 2.05. The summed E-state index contributed by atoms with van der Waals surface area (Å²) in [6.07, 6.45) is 0. The molecular weight excluding hydrogens is 283 g/mol. The fourth-order valence-corrected chi connectivity index (χ4v) is 1.41. The lowest BCUT2D eigenvalue weighted by molar-refractivity contribution is -0.384. The second-order valence-corrected chi connectivity index (χ2v) is 4.34. The number of nitrogens with zero attached hydrogens (tertiary/aromatic N) is 2. The Labute approximate surface area is 90.2 Å². The SMILES string of the molecule is CN(I)Cc1cccc([N+](=O)[O-])c1. The highest BCUT2D eigenvalue weighted by molar-refractivity contribution is 14.1. The van der Waals surface area contributed by atoms with Crippen LogP contribution in [0.1, 0.15) is 5.56 Å². The zero-order chi connectivity index (χ0) is 9.84. The van der Waals surface area contributed by atoms with Crippen LogP contribution in [-0.2, 0) is 6.54 Å². The van der Waals surface area contributed by atoms with Crippen LogP contribution in [0.3, 0.4) is 0 Å². The lowest BCUT2D eigenvalue weighted by atomic mass is 10.2. The first-order valence-electron chi connectivity index (χ1n) is 3.70. The fraction of sp³-hybridized carbons (Fsp3) is 0.250. The van der Waals surface area contributed by atoms with Crippen LogP contribution in [-0.4, -0.2) is 15.1 Å². The predicted molar refractivity (Wildman–Crippen MR) is 58.6 cm³/mol. The highest BCUT2D eigenvalue weighted by atomic mass is 127. The molecule has 1 rings (SSSR count). The third kappa shape index (κ3) is 3.27. The van der Waals surface area contributed by atoms with E-state index in [1.165, 1.54) is 6.07 Å². The molecule has 5 heteroatoms. The first-order chi connectivity index (χ1) is 6.09. The van der Waals surface area contributed by atoms with Crippen molar-refractivity contribution in [2.45, 2.75) is 6.54 Å². The van der Waals surface area contributed by atoms with Crippen LogP contribution >= 0.6 is 22.9 Å². The molecule has 0 unspecified atom stereocenters. The minimum atomic E-state index is -0.378. The molecule has 0 heterocycles. The quantitative estimate of drug-likeness (QED) is 0.372. The molecule has 0 aliphatic rings. The van der Waals surface area contributed by atoms with E-state index in [0.717, 1.165) is 5.56 Å². The van der Waals surface area contributed by atoms with Crippen LogP contribution in [0, 0.1) is 10.1 Å². The number of nitro benzene ring substituents is 1. The summed E-state index contributed by atoms with van der Waals surface area (Å²) in [5.74, 6) is 0. The third-order valence-corrected chi connectivity index (χ3v) is 1.86. The summed E-state index contributed by atoms with van der Waals surface area (Å²) in [5.41, 5.74) is 1.10. The largest absolute Gasteiger partial charge is 0.269 e. The molecule has 0 aliphatic heterocycles. The van der Waals surface area contributed by atoms with Crippen molar-refractivity contribution in [2.24, 2.45) is 0 Å². The van der Waals surface area contributed by atoms with E-state index in [1.807, 2.05) is 16.2 Å². The van der Waals surface area contributed by atoms with Gasteiger partial charge in [-0.25, -0.2) is 3.11 Å². The third-order valence-electron chi connectivity index (χ3n) is 1.52. The first-order valence-corrected chi connectivity index (χ1v) is 4.66. The van der Waals surface area contributed by atoms with E-state index < -0.39 is 0 Å². The predicted octanol–water partition coefficient (Wildman–Crippen LogP) is 2.38. The van der Waals surface area contributed by atoms with Gasteiger partial charge in [0.05, 0.1) is 4.92 Å². The van der Waals surface area contributed by atoms with Gasteiger partial charge in [0.2, 0.25) is 0 Å². The van der Waals surface area contributed by atoms with Crippen molar-refractivity contribution >= 4 is 28.6 Å². The van der Waals surface area contributed by atoms with Crippen LogP contribution in [0.25, 0.3) is 0 Å². The Hall–Kier alpha value is -0.690. The van der Waals surface area contributed by atoms with Crippen molar-refractivity contribution in [2.75, 3.05) is 7.05 Å². The van der Waals surface area contributed by atoms with Gasteiger partial charge in [-0.3, -0.25) is 10.1 Å². The maximum absolute atomic E-state index is 10.4. The van der Waals surface area contributed by atoms with Gasteiger partial charge in [-0.1, -0.05) is 12.1 Å². The van der Waals surface area contributed by atoms with E-state index in [1.54, 1.807) is 12.1 Å². The molecule has 0 amide bonds. The molecule has 0 fully saturated rings. The normalized spacial score (nSPS) is 10.4. The van der Waals surface area contributed by atoms with Crippen molar-refractivity contribution in [3.8, 4) is 0 Å². The number of hydrogen-bond donors (Lipinski definition) is 0. The second kappa shape index (κ2) is 4.52. The first kappa shape index (κ1) is 10.4. The number of benzene rings is 1. The van der Waals surface area contributed by atoms with Crippen molar-refractivity contribution in [1.29, 1.82) is 0 Å². The highest BCUT2D eigenvalue weighted by Crippen LogP contribution is 2.15. The smallest absolute Gasteiger partial charge is 0.258 e. The number of halogens is 1. The van der Waals surface area contributed by atoms with Crippen LogP contribution in [0.4, 0.5) is 5.69 Å². The van der Waals surface area contributed by atoms with Gasteiger partial charge < -0.3 is 0 Å². The summed E-state index contributed by atoms with van der Waals surface area (Å²) in [6, 6.07) is 6.67. The topological polar surface area (TPSA) is 46.4 Å². The summed E-state index contributed by atoms with van der Waals surface area (Å²) in [4.78, 5) is 10.1. The minimum absolute atomic E-state index is 0.149. The van der Waals surface area contributed by atoms with Crippen LogP contribution in [0.15, 0.2) is 24.3 Å². The summed E-state index contributed by atoms with van der Waals surface area (Å²) >= 11 is 2.14. The van der Waals surface area contributed by atoms with Crippen molar-refractivity contribution in [3.63, 3.8) is 0 Å². The van der Waals surface area contributed by atoms with Gasteiger partial charge in [-0.2, -0.15) is 0 Å². The Bertz CT molecular complexity index is 315. The molecule has 0 bridgehead atoms. The molecule has 1 aromatic carbocycles. The molecule has 0 radical (unpaired) electrons. The van der Waals surface area contributed by atoms with Gasteiger partial charge in [0.25, 0.3) is 5.69 Å². The zero-order valence-electron chi connectivity index (χ0n) is 7.11. The van der Waals surface area contributed by atoms with Gasteiger partial charge in [0.1, 0.15) is 0 Å². The average Bonchev–Trinajstić information content (AvgIpc) is 2.03. The minimum Gasteiger partial charge on any atom is -0.258 e. The van der Waals surface area contributed by atoms with Crippen molar-refractivity contribution in [1.82, 2.24) is 3.11 Å². The number of hydrogen-bond acceptors (Lipinski definition) is 3. The fourth-order valence-electron chi connectivity index (χ4n) is 1.02. The number of non-ortho nitro benzene ring substituents is 1. The summed E-state index contributed by atoms with van der Waals surface area (Å²) in [6.45, 7) is 0.711. The monoisotopic (exact) mass is 292 g/mol. The molecule has 4 nitrogen and oxygen atoms in total. The van der Waals surface area contributed by atoms with E-state index in [9.17, 15) is 10.1 Å². The zero-order valence-corrected chi connectivity index (χ0v) is 9.26.